The summed E-state index contributed by atoms with van der Waals surface area (Å²) in [6.45, 7) is 5.25. The monoisotopic (exact) mass is 296 g/mol. The largest absolute Gasteiger partial charge is 0.361 e. The zero-order valence-corrected chi connectivity index (χ0v) is 13.6. The number of aryl methyl sites for hydroxylation is 2. The molecule has 2 heterocycles. The minimum absolute atomic E-state index is 0.480. The highest BCUT2D eigenvalue weighted by Crippen LogP contribution is 2.19. The van der Waals surface area contributed by atoms with Gasteiger partial charge in [0, 0.05) is 48.0 Å². The fourth-order valence-electron chi connectivity index (χ4n) is 2.81. The van der Waals surface area contributed by atoms with Crippen molar-refractivity contribution in [3.8, 4) is 0 Å². The maximum absolute atomic E-state index is 4.29. The Kier molecular flexibility index (Phi) is 4.29. The average Bonchev–Trinajstić information content (AvgIpc) is 3.08. The fraction of sp³-hybridized carbons (Fsp3) is 0.389. The van der Waals surface area contributed by atoms with Gasteiger partial charge in [0.2, 0.25) is 0 Å². The molecule has 1 aromatic carbocycles. The van der Waals surface area contributed by atoms with Gasteiger partial charge in [-0.15, -0.1) is 0 Å². The summed E-state index contributed by atoms with van der Waals surface area (Å²) in [5, 5.41) is 9.23. The van der Waals surface area contributed by atoms with E-state index in [0.717, 1.165) is 19.4 Å². The number of hydrogen-bond donors (Lipinski definition) is 2. The molecule has 0 bridgehead atoms. The van der Waals surface area contributed by atoms with E-state index in [4.69, 9.17) is 0 Å². The van der Waals surface area contributed by atoms with Gasteiger partial charge in [-0.3, -0.25) is 4.68 Å². The predicted molar refractivity (Wildman–Crippen MR) is 90.9 cm³/mol. The lowest BCUT2D eigenvalue weighted by atomic mass is 10.1. The first-order valence-corrected chi connectivity index (χ1v) is 7.91. The minimum Gasteiger partial charge on any atom is -0.361 e. The first-order valence-electron chi connectivity index (χ1n) is 7.91. The van der Waals surface area contributed by atoms with Crippen LogP contribution in [0.1, 0.15) is 30.2 Å². The molecule has 0 saturated heterocycles. The van der Waals surface area contributed by atoms with Crippen LogP contribution in [0.2, 0.25) is 0 Å². The van der Waals surface area contributed by atoms with Crippen molar-refractivity contribution in [2.24, 2.45) is 7.05 Å². The molecular weight excluding hydrogens is 272 g/mol. The van der Waals surface area contributed by atoms with Crippen molar-refractivity contribution in [1.29, 1.82) is 0 Å². The van der Waals surface area contributed by atoms with Crippen LogP contribution in [0.4, 0.5) is 0 Å². The smallest absolute Gasteiger partial charge is 0.0537 e. The lowest BCUT2D eigenvalue weighted by molar-refractivity contribution is 0.513. The van der Waals surface area contributed by atoms with Gasteiger partial charge < -0.3 is 10.3 Å². The van der Waals surface area contributed by atoms with Crippen molar-refractivity contribution in [1.82, 2.24) is 20.1 Å². The highest BCUT2D eigenvalue weighted by atomic mass is 15.3. The molecule has 4 nitrogen and oxygen atoms in total. The zero-order valence-electron chi connectivity index (χ0n) is 13.6. The molecule has 1 unspecified atom stereocenters. The number of para-hydroxylation sites is 1. The molecule has 0 saturated carbocycles. The Morgan fingerprint density at radius 1 is 1.27 bits per heavy atom. The van der Waals surface area contributed by atoms with Gasteiger partial charge in [0.25, 0.3) is 0 Å². The fourth-order valence-corrected chi connectivity index (χ4v) is 2.81. The molecule has 2 aromatic heterocycles. The van der Waals surface area contributed by atoms with E-state index in [2.05, 4.69) is 59.7 Å². The second-order valence-electron chi connectivity index (χ2n) is 6.06. The number of hydrogen-bond acceptors (Lipinski definition) is 2. The third-order valence-corrected chi connectivity index (χ3v) is 4.50. The molecule has 1 atom stereocenters. The Bertz CT molecular complexity index is 753. The van der Waals surface area contributed by atoms with Crippen molar-refractivity contribution in [3.63, 3.8) is 0 Å². The van der Waals surface area contributed by atoms with Crippen LogP contribution in [0.5, 0.6) is 0 Å². The molecule has 0 amide bonds. The van der Waals surface area contributed by atoms with Crippen molar-refractivity contribution >= 4 is 10.9 Å². The second-order valence-corrected chi connectivity index (χ2v) is 6.06. The van der Waals surface area contributed by atoms with Gasteiger partial charge in [-0.1, -0.05) is 18.2 Å². The van der Waals surface area contributed by atoms with Gasteiger partial charge in [-0.05, 0) is 38.3 Å². The molecule has 22 heavy (non-hydrogen) atoms. The molecule has 116 valence electrons. The minimum atomic E-state index is 0.480. The highest BCUT2D eigenvalue weighted by molar-refractivity contribution is 5.82. The van der Waals surface area contributed by atoms with Crippen molar-refractivity contribution in [3.05, 3.63) is 53.5 Å². The quantitative estimate of drug-likeness (QED) is 0.733. The van der Waals surface area contributed by atoms with Crippen molar-refractivity contribution in [2.75, 3.05) is 0 Å². The number of benzene rings is 1. The highest BCUT2D eigenvalue weighted by Gasteiger charge is 2.08. The summed E-state index contributed by atoms with van der Waals surface area (Å²) < 4.78 is 1.92. The topological polar surface area (TPSA) is 45.6 Å². The standard InChI is InChI=1S/C18H24N4/c1-13(19-11-16-12-21-22(3)14(16)2)8-9-15-10-20-18-7-5-4-6-17(15)18/h4-7,10,12-13,19-20H,8-9,11H2,1-3H3. The lowest BCUT2D eigenvalue weighted by Crippen LogP contribution is -2.26. The Hall–Kier alpha value is -2.07. The number of aromatic amines is 1. The molecule has 0 spiro atoms. The zero-order chi connectivity index (χ0) is 15.5. The van der Waals surface area contributed by atoms with Gasteiger partial charge in [-0.2, -0.15) is 5.10 Å². The summed E-state index contributed by atoms with van der Waals surface area (Å²) >= 11 is 0. The van der Waals surface area contributed by atoms with E-state index < -0.39 is 0 Å². The summed E-state index contributed by atoms with van der Waals surface area (Å²) in [6.07, 6.45) is 6.31. The van der Waals surface area contributed by atoms with Gasteiger partial charge in [-0.25, -0.2) is 0 Å². The van der Waals surface area contributed by atoms with E-state index in [9.17, 15) is 0 Å². The molecule has 0 aliphatic rings. The van der Waals surface area contributed by atoms with Crippen LogP contribution in [0.15, 0.2) is 36.7 Å². The average molecular weight is 296 g/mol. The summed E-state index contributed by atoms with van der Waals surface area (Å²) in [5.41, 5.74) is 5.14. The van der Waals surface area contributed by atoms with E-state index in [1.54, 1.807) is 0 Å². The number of nitrogens with zero attached hydrogens (tertiary/aromatic N) is 2. The van der Waals surface area contributed by atoms with Gasteiger partial charge in [0.05, 0.1) is 6.20 Å². The number of nitrogens with one attached hydrogen (secondary N) is 2. The van der Waals surface area contributed by atoms with E-state index in [1.165, 1.54) is 27.7 Å². The number of fused-ring (bicyclic) bond motifs is 1. The van der Waals surface area contributed by atoms with E-state index in [1.807, 2.05) is 17.9 Å². The predicted octanol–water partition coefficient (Wildman–Crippen LogP) is 3.32. The van der Waals surface area contributed by atoms with Gasteiger partial charge >= 0.3 is 0 Å². The molecule has 3 aromatic rings. The number of H-pyrrole nitrogens is 1. The number of aromatic nitrogens is 3. The van der Waals surface area contributed by atoms with Crippen LogP contribution in [-0.2, 0) is 20.0 Å². The summed E-state index contributed by atoms with van der Waals surface area (Å²) in [5.74, 6) is 0. The SMILES string of the molecule is Cc1c(CNC(C)CCc2c[nH]c3ccccc23)cnn1C. The van der Waals surface area contributed by atoms with Crippen LogP contribution in [0.3, 0.4) is 0 Å². The molecule has 0 aliphatic heterocycles. The lowest BCUT2D eigenvalue weighted by Gasteiger charge is -2.13. The first-order chi connectivity index (χ1) is 10.6. The third-order valence-electron chi connectivity index (χ3n) is 4.50. The van der Waals surface area contributed by atoms with E-state index in [-0.39, 0.29) is 0 Å². The Balaban J connectivity index is 1.54. The van der Waals surface area contributed by atoms with Gasteiger partial charge in [0.15, 0.2) is 0 Å². The van der Waals surface area contributed by atoms with Crippen LogP contribution in [0.25, 0.3) is 10.9 Å². The molecule has 0 aliphatic carbocycles. The molecule has 2 N–H and O–H groups in total. The van der Waals surface area contributed by atoms with E-state index >= 15 is 0 Å². The second kappa shape index (κ2) is 6.36. The normalized spacial score (nSPS) is 12.9. The van der Waals surface area contributed by atoms with Crippen molar-refractivity contribution in [2.45, 2.75) is 39.3 Å². The maximum atomic E-state index is 4.29. The summed E-state index contributed by atoms with van der Waals surface area (Å²) in [4.78, 5) is 3.35. The summed E-state index contributed by atoms with van der Waals surface area (Å²) in [7, 11) is 1.99. The van der Waals surface area contributed by atoms with Crippen LogP contribution < -0.4 is 5.32 Å². The Morgan fingerprint density at radius 2 is 2.09 bits per heavy atom. The van der Waals surface area contributed by atoms with Crippen molar-refractivity contribution < 1.29 is 0 Å². The molecule has 0 fully saturated rings. The molecule has 4 heteroatoms. The summed E-state index contributed by atoms with van der Waals surface area (Å²) in [6, 6.07) is 8.98. The Morgan fingerprint density at radius 3 is 2.86 bits per heavy atom. The molecule has 3 rings (SSSR count). The number of rotatable bonds is 6. The van der Waals surface area contributed by atoms with Gasteiger partial charge in [0.1, 0.15) is 0 Å². The molecule has 0 radical (unpaired) electrons. The molecular formula is C18H24N4. The van der Waals surface area contributed by atoms with Crippen LogP contribution in [0, 0.1) is 6.92 Å². The third kappa shape index (κ3) is 3.07. The Labute approximate surface area is 131 Å². The van der Waals surface area contributed by atoms with Crippen LogP contribution >= 0.6 is 0 Å². The van der Waals surface area contributed by atoms with E-state index in [0.29, 0.717) is 6.04 Å². The van der Waals surface area contributed by atoms with Crippen LogP contribution in [-0.4, -0.2) is 20.8 Å². The first kappa shape index (κ1) is 14.9. The maximum Gasteiger partial charge on any atom is 0.0537 e.